The molecule has 5 heteroatoms. The Hall–Kier alpha value is -6.85. The zero-order valence-electron chi connectivity index (χ0n) is 30.4. The highest BCUT2D eigenvalue weighted by Gasteiger charge is 2.17. The van der Waals surface area contributed by atoms with E-state index in [9.17, 15) is 1.37 Å². The molecule has 0 bridgehead atoms. The Morgan fingerprint density at radius 3 is 1.80 bits per heavy atom. The predicted octanol–water partition coefficient (Wildman–Crippen LogP) is 12.0. The van der Waals surface area contributed by atoms with Crippen LogP contribution < -0.4 is 0 Å². The first-order valence-corrected chi connectivity index (χ1v) is 16.3. The van der Waals surface area contributed by atoms with Gasteiger partial charge in [-0.15, -0.1) is 0 Å². The highest BCUT2D eigenvalue weighted by molar-refractivity contribution is 6.14. The van der Waals surface area contributed by atoms with E-state index < -0.39 is 0 Å². The summed E-state index contributed by atoms with van der Waals surface area (Å²) in [5.74, 6) is 0.839. The van der Waals surface area contributed by atoms with Gasteiger partial charge in [0.25, 0.3) is 0 Å². The third-order valence-corrected chi connectivity index (χ3v) is 9.02. The van der Waals surface area contributed by atoms with E-state index in [0.717, 1.165) is 55.0 Å². The second-order valence-corrected chi connectivity index (χ2v) is 12.1. The van der Waals surface area contributed by atoms with Crippen molar-refractivity contribution in [1.82, 2.24) is 15.0 Å². The second kappa shape index (κ2) is 11.4. The lowest BCUT2D eigenvalue weighted by atomic mass is 9.96. The Morgan fingerprint density at radius 1 is 0.400 bits per heavy atom. The third-order valence-electron chi connectivity index (χ3n) is 9.02. The van der Waals surface area contributed by atoms with Crippen LogP contribution in [0.3, 0.4) is 0 Å². The summed E-state index contributed by atoms with van der Waals surface area (Å²) in [6.45, 7) is 0. The molecule has 3 aromatic heterocycles. The van der Waals surface area contributed by atoms with Crippen molar-refractivity contribution in [2.75, 3.05) is 0 Å². The molecular weight excluding hydrogens is 615 g/mol. The maximum atomic E-state index is 9.46. The van der Waals surface area contributed by atoms with Crippen LogP contribution in [0.1, 0.15) is 5.48 Å². The first-order valence-electron chi connectivity index (χ1n) is 18.3. The maximum Gasteiger partial charge on any atom is 0.164 e. The summed E-state index contributed by atoms with van der Waals surface area (Å²) in [6, 6.07) is 43.7. The molecule has 0 aliphatic carbocycles. The zero-order chi connectivity index (χ0) is 36.5. The molecule has 10 aromatic rings. The molecule has 0 amide bonds. The van der Waals surface area contributed by atoms with Gasteiger partial charge in [0.1, 0.15) is 22.3 Å². The third kappa shape index (κ3) is 4.75. The van der Waals surface area contributed by atoms with Gasteiger partial charge in [-0.1, -0.05) is 121 Å². The van der Waals surface area contributed by atoms with Crippen molar-refractivity contribution in [2.24, 2.45) is 0 Å². The van der Waals surface area contributed by atoms with Crippen molar-refractivity contribution >= 4 is 43.9 Å². The Balaban J connectivity index is 1.14. The van der Waals surface area contributed by atoms with Gasteiger partial charge >= 0.3 is 0 Å². The molecule has 0 radical (unpaired) electrons. The molecule has 0 atom stereocenters. The van der Waals surface area contributed by atoms with Gasteiger partial charge in [-0.2, -0.15) is 0 Å². The molecule has 234 valence electrons. The minimum Gasteiger partial charge on any atom is -0.456 e. The van der Waals surface area contributed by atoms with Crippen LogP contribution in [-0.2, 0) is 0 Å². The van der Waals surface area contributed by atoms with Gasteiger partial charge in [-0.25, -0.2) is 15.0 Å². The summed E-state index contributed by atoms with van der Waals surface area (Å²) >= 11 is 0. The minimum absolute atomic E-state index is 0.0527. The van der Waals surface area contributed by atoms with E-state index in [1.54, 1.807) is 0 Å². The van der Waals surface area contributed by atoms with Crippen LogP contribution in [0, 0.1) is 0 Å². The SMILES string of the molecule is [2H]c1c([2H])c(-c2ccc3c(c2)oc2cccc(-c4ccc5oc6ccccc6c5c4)c23)c([2H])c(-c2nc(-c3ccccc3)nc(-c3ccccc3)n2)c1[2H]. The van der Waals surface area contributed by atoms with Crippen LogP contribution >= 0.6 is 0 Å². The van der Waals surface area contributed by atoms with E-state index in [2.05, 4.69) is 24.3 Å². The summed E-state index contributed by atoms with van der Waals surface area (Å²) < 4.78 is 48.8. The highest BCUT2D eigenvalue weighted by atomic mass is 16.3. The molecule has 0 aliphatic heterocycles. The topological polar surface area (TPSA) is 65.0 Å². The fourth-order valence-electron chi connectivity index (χ4n) is 6.64. The average molecular weight is 646 g/mol. The minimum atomic E-state index is -0.326. The van der Waals surface area contributed by atoms with E-state index in [0.29, 0.717) is 28.4 Å². The van der Waals surface area contributed by atoms with Crippen LogP contribution in [0.2, 0.25) is 0 Å². The van der Waals surface area contributed by atoms with Crippen molar-refractivity contribution in [2.45, 2.75) is 0 Å². The van der Waals surface area contributed by atoms with Crippen molar-refractivity contribution in [1.29, 1.82) is 0 Å². The molecule has 50 heavy (non-hydrogen) atoms. The van der Waals surface area contributed by atoms with Gasteiger partial charge in [0.05, 0.1) is 5.48 Å². The van der Waals surface area contributed by atoms with Crippen LogP contribution in [0.25, 0.3) is 100 Å². The Labute approximate surface area is 292 Å². The monoisotopic (exact) mass is 645 g/mol. The number of fused-ring (bicyclic) bond motifs is 6. The fraction of sp³-hybridized carbons (Fsp3) is 0. The lowest BCUT2D eigenvalue weighted by Crippen LogP contribution is -2.00. The van der Waals surface area contributed by atoms with Crippen LogP contribution in [0.4, 0.5) is 0 Å². The van der Waals surface area contributed by atoms with Crippen LogP contribution in [-0.4, -0.2) is 15.0 Å². The molecule has 7 aromatic carbocycles. The molecule has 0 aliphatic rings. The average Bonchev–Trinajstić information content (AvgIpc) is 3.78. The van der Waals surface area contributed by atoms with Gasteiger partial charge in [0.15, 0.2) is 17.5 Å². The lowest BCUT2D eigenvalue weighted by molar-refractivity contribution is 0.669. The lowest BCUT2D eigenvalue weighted by Gasteiger charge is -2.09. The molecule has 0 N–H and O–H groups in total. The van der Waals surface area contributed by atoms with E-state index in [1.807, 2.05) is 115 Å². The summed E-state index contributed by atoms with van der Waals surface area (Å²) in [6.07, 6.45) is 0. The Bertz CT molecular complexity index is 3050. The standard InChI is InChI=1S/C45H27N3O2/c1-3-11-28(12-4-1)43-46-44(29-13-5-2-6-14-29)48-45(47-43)33-16-9-15-30(25-33)31-21-23-36-41(27-31)50-40-20-10-18-34(42(36)40)32-22-24-39-37(26-32)35-17-7-8-19-38(35)49-39/h1-27H/i9D,15D,16D,25D. The van der Waals surface area contributed by atoms with Gasteiger partial charge in [0, 0.05) is 38.2 Å². The molecule has 0 unspecified atom stereocenters. The Kier molecular flexibility index (Phi) is 5.54. The summed E-state index contributed by atoms with van der Waals surface area (Å²) in [5.41, 5.74) is 7.20. The summed E-state index contributed by atoms with van der Waals surface area (Å²) in [7, 11) is 0. The smallest absolute Gasteiger partial charge is 0.164 e. The number of nitrogens with zero attached hydrogens (tertiary/aromatic N) is 3. The van der Waals surface area contributed by atoms with Crippen molar-refractivity contribution in [3.05, 3.63) is 164 Å². The number of furan rings is 2. The van der Waals surface area contributed by atoms with E-state index in [4.69, 9.17) is 27.9 Å². The van der Waals surface area contributed by atoms with Crippen molar-refractivity contribution < 1.29 is 14.3 Å². The highest BCUT2D eigenvalue weighted by Crippen LogP contribution is 2.40. The van der Waals surface area contributed by atoms with Crippen molar-refractivity contribution in [3.8, 4) is 56.4 Å². The maximum absolute atomic E-state index is 9.46. The molecule has 0 fully saturated rings. The van der Waals surface area contributed by atoms with Crippen LogP contribution in [0.15, 0.2) is 173 Å². The quantitative estimate of drug-likeness (QED) is 0.186. The molecule has 10 rings (SSSR count). The molecular formula is C45H27N3O2. The normalized spacial score (nSPS) is 12.7. The zero-order valence-corrected chi connectivity index (χ0v) is 26.4. The first kappa shape index (κ1) is 24.3. The van der Waals surface area contributed by atoms with E-state index in [1.165, 1.54) is 0 Å². The first-order chi connectivity index (χ1) is 26.4. The molecule has 0 spiro atoms. The molecule has 0 saturated heterocycles. The van der Waals surface area contributed by atoms with E-state index >= 15 is 0 Å². The predicted molar refractivity (Wildman–Crippen MR) is 202 cm³/mol. The number of hydrogen-bond acceptors (Lipinski definition) is 5. The fourth-order valence-corrected chi connectivity index (χ4v) is 6.64. The largest absolute Gasteiger partial charge is 0.456 e. The molecule has 0 saturated carbocycles. The molecule has 5 nitrogen and oxygen atoms in total. The van der Waals surface area contributed by atoms with Gasteiger partial charge < -0.3 is 8.83 Å². The number of para-hydroxylation sites is 1. The second-order valence-electron chi connectivity index (χ2n) is 12.1. The molecule has 3 heterocycles. The van der Waals surface area contributed by atoms with Gasteiger partial charge in [0.2, 0.25) is 0 Å². The Morgan fingerprint density at radius 2 is 1.02 bits per heavy atom. The number of benzene rings is 7. The number of rotatable bonds is 5. The van der Waals surface area contributed by atoms with Gasteiger partial charge in [-0.3, -0.25) is 0 Å². The summed E-state index contributed by atoms with van der Waals surface area (Å²) in [5, 5.41) is 3.91. The van der Waals surface area contributed by atoms with Crippen molar-refractivity contribution in [3.63, 3.8) is 0 Å². The van der Waals surface area contributed by atoms with Crippen LogP contribution in [0.5, 0.6) is 0 Å². The number of hydrogen-bond donors (Lipinski definition) is 0. The van der Waals surface area contributed by atoms with Gasteiger partial charge in [-0.05, 0) is 64.7 Å². The summed E-state index contributed by atoms with van der Waals surface area (Å²) in [4.78, 5) is 14.2. The number of aromatic nitrogens is 3. The van der Waals surface area contributed by atoms with E-state index in [-0.39, 0.29) is 41.1 Å².